The van der Waals surface area contributed by atoms with Gasteiger partial charge in [-0.2, -0.15) is 0 Å². The van der Waals surface area contributed by atoms with Crippen molar-refractivity contribution in [1.29, 1.82) is 0 Å². The van der Waals surface area contributed by atoms with Gasteiger partial charge in [-0.3, -0.25) is 10.1 Å². The molecule has 0 heterocycles. The third-order valence-corrected chi connectivity index (χ3v) is 3.52. The number of methoxy groups -OCH3 is 1. The largest absolute Gasteiger partial charge is 0.502 e. The minimum atomic E-state index is -2.88. The summed E-state index contributed by atoms with van der Waals surface area (Å²) in [6, 6.07) is 1.44. The fourth-order valence-corrected chi connectivity index (χ4v) is 2.27. The molecule has 0 saturated heterocycles. The first-order chi connectivity index (χ1) is 12.9. The van der Waals surface area contributed by atoms with Gasteiger partial charge in [0.15, 0.2) is 5.75 Å². The molecule has 0 fully saturated rings. The topological polar surface area (TPSA) is 123 Å². The van der Waals surface area contributed by atoms with Crippen LogP contribution in [0.3, 0.4) is 0 Å². The molecule has 158 valence electrons. The Hall–Kier alpha value is -2.53. The molecule has 1 aromatic rings. The SMILES string of the molecule is COCC(NC[C@H](NC(=O)OC(C)(C)C)C(F)F)c1ccc(O)c([N+](=O)[O-])c1. The van der Waals surface area contributed by atoms with Crippen molar-refractivity contribution in [2.45, 2.75) is 44.9 Å². The Morgan fingerprint density at radius 3 is 2.50 bits per heavy atom. The highest BCUT2D eigenvalue weighted by atomic mass is 19.3. The predicted octanol–water partition coefficient (Wildman–Crippen LogP) is 2.74. The zero-order valence-corrected chi connectivity index (χ0v) is 16.1. The van der Waals surface area contributed by atoms with E-state index in [1.54, 1.807) is 20.8 Å². The summed E-state index contributed by atoms with van der Waals surface area (Å²) in [5.41, 5.74) is -0.998. The second-order valence-corrected chi connectivity index (χ2v) is 7.01. The standard InChI is InChI=1S/C17H25F2N3O6/c1-17(2,3)28-16(24)21-11(15(18)19)8-20-12(9-27-4)10-5-6-14(23)13(7-10)22(25)26/h5-7,11-12,15,20,23H,8-9H2,1-4H3,(H,21,24)/t11-,12?/m0/s1. The monoisotopic (exact) mass is 405 g/mol. The number of carbonyl (C=O) groups excluding carboxylic acids is 1. The quantitative estimate of drug-likeness (QED) is 0.426. The van der Waals surface area contributed by atoms with Crippen LogP contribution in [0.25, 0.3) is 0 Å². The van der Waals surface area contributed by atoms with Crippen molar-refractivity contribution in [2.75, 3.05) is 20.3 Å². The van der Waals surface area contributed by atoms with Crippen LogP contribution in [-0.2, 0) is 9.47 Å². The molecule has 0 radical (unpaired) electrons. The zero-order chi connectivity index (χ0) is 21.5. The van der Waals surface area contributed by atoms with Gasteiger partial charge < -0.3 is 25.2 Å². The van der Waals surface area contributed by atoms with E-state index >= 15 is 0 Å². The van der Waals surface area contributed by atoms with E-state index in [2.05, 4.69) is 10.6 Å². The number of benzene rings is 1. The molecule has 0 saturated carbocycles. The Bertz CT molecular complexity index is 681. The second kappa shape index (κ2) is 10.1. The van der Waals surface area contributed by atoms with Crippen molar-refractivity contribution < 1.29 is 33.1 Å². The molecule has 9 nitrogen and oxygen atoms in total. The summed E-state index contributed by atoms with van der Waals surface area (Å²) < 4.78 is 36.6. The third kappa shape index (κ3) is 7.61. The lowest BCUT2D eigenvalue weighted by atomic mass is 10.1. The number of hydrogen-bond donors (Lipinski definition) is 3. The maximum atomic E-state index is 13.3. The first kappa shape index (κ1) is 23.5. The first-order valence-electron chi connectivity index (χ1n) is 8.42. The number of hydrogen-bond acceptors (Lipinski definition) is 7. The van der Waals surface area contributed by atoms with Gasteiger partial charge in [0, 0.05) is 19.7 Å². The van der Waals surface area contributed by atoms with Crippen LogP contribution < -0.4 is 10.6 Å². The number of phenolic OH excluding ortho intramolecular Hbond substituents is 1. The maximum absolute atomic E-state index is 13.3. The van der Waals surface area contributed by atoms with Crippen LogP contribution in [0.2, 0.25) is 0 Å². The van der Waals surface area contributed by atoms with Crippen LogP contribution in [-0.4, -0.2) is 54.5 Å². The molecule has 1 unspecified atom stereocenters. The number of rotatable bonds is 9. The molecule has 11 heteroatoms. The summed E-state index contributed by atoms with van der Waals surface area (Å²) in [4.78, 5) is 22.0. The molecular formula is C17H25F2N3O6. The van der Waals surface area contributed by atoms with Gasteiger partial charge in [-0.05, 0) is 32.4 Å². The summed E-state index contributed by atoms with van der Waals surface area (Å²) in [5, 5.41) is 25.4. The number of halogens is 2. The molecule has 2 atom stereocenters. The van der Waals surface area contributed by atoms with Gasteiger partial charge in [0.2, 0.25) is 0 Å². The van der Waals surface area contributed by atoms with Gasteiger partial charge in [0.25, 0.3) is 6.43 Å². The van der Waals surface area contributed by atoms with E-state index < -0.39 is 46.6 Å². The first-order valence-corrected chi connectivity index (χ1v) is 8.42. The van der Waals surface area contributed by atoms with Crippen LogP contribution in [0.5, 0.6) is 5.75 Å². The number of phenols is 1. The van der Waals surface area contributed by atoms with Crippen LogP contribution in [0.15, 0.2) is 18.2 Å². The van der Waals surface area contributed by atoms with Gasteiger partial charge in [-0.25, -0.2) is 13.6 Å². The van der Waals surface area contributed by atoms with Gasteiger partial charge in [0.1, 0.15) is 11.6 Å². The maximum Gasteiger partial charge on any atom is 0.408 e. The molecule has 1 amide bonds. The second-order valence-electron chi connectivity index (χ2n) is 7.01. The highest BCUT2D eigenvalue weighted by Crippen LogP contribution is 2.29. The molecule has 0 aliphatic rings. The lowest BCUT2D eigenvalue weighted by molar-refractivity contribution is -0.385. The number of nitrogens with one attached hydrogen (secondary N) is 2. The number of carbonyl (C=O) groups is 1. The summed E-state index contributed by atoms with van der Waals surface area (Å²) in [7, 11) is 1.38. The molecule has 1 rings (SSSR count). The zero-order valence-electron chi connectivity index (χ0n) is 16.1. The minimum Gasteiger partial charge on any atom is -0.502 e. The Morgan fingerprint density at radius 1 is 1.36 bits per heavy atom. The molecule has 0 aromatic heterocycles. The van der Waals surface area contributed by atoms with Crippen LogP contribution in [0.4, 0.5) is 19.3 Å². The molecule has 0 aliphatic heterocycles. The van der Waals surface area contributed by atoms with Crippen LogP contribution >= 0.6 is 0 Å². The normalized spacial score (nSPS) is 13.8. The predicted molar refractivity (Wildman–Crippen MR) is 96.5 cm³/mol. The Balaban J connectivity index is 2.88. The van der Waals surface area contributed by atoms with Crippen LogP contribution in [0, 0.1) is 10.1 Å². The van der Waals surface area contributed by atoms with E-state index in [1.165, 1.54) is 13.2 Å². The summed E-state index contributed by atoms with van der Waals surface area (Å²) >= 11 is 0. The summed E-state index contributed by atoms with van der Waals surface area (Å²) in [6.07, 6.45) is -3.86. The number of alkyl carbamates (subject to hydrolysis) is 1. The smallest absolute Gasteiger partial charge is 0.408 e. The number of ether oxygens (including phenoxy) is 2. The van der Waals surface area contributed by atoms with Crippen molar-refractivity contribution >= 4 is 11.8 Å². The molecule has 1 aromatic carbocycles. The minimum absolute atomic E-state index is 0.0182. The fourth-order valence-electron chi connectivity index (χ4n) is 2.27. The lowest BCUT2D eigenvalue weighted by Crippen LogP contribution is -2.49. The molecule has 0 aliphatic carbocycles. The van der Waals surface area contributed by atoms with E-state index in [0.717, 1.165) is 12.1 Å². The highest BCUT2D eigenvalue weighted by molar-refractivity contribution is 5.68. The molecule has 28 heavy (non-hydrogen) atoms. The van der Waals surface area contributed by atoms with Crippen LogP contribution in [0.1, 0.15) is 32.4 Å². The molecule has 0 spiro atoms. The van der Waals surface area contributed by atoms with Gasteiger partial charge in [-0.15, -0.1) is 0 Å². The van der Waals surface area contributed by atoms with Gasteiger partial charge in [-0.1, -0.05) is 6.07 Å². The summed E-state index contributed by atoms with van der Waals surface area (Å²) in [5.74, 6) is -0.512. The van der Waals surface area contributed by atoms with Crippen molar-refractivity contribution in [3.05, 3.63) is 33.9 Å². The average molecular weight is 405 g/mol. The van der Waals surface area contributed by atoms with E-state index in [4.69, 9.17) is 9.47 Å². The molecular weight excluding hydrogens is 380 g/mol. The van der Waals surface area contributed by atoms with Crippen molar-refractivity contribution in [1.82, 2.24) is 10.6 Å². The lowest BCUT2D eigenvalue weighted by Gasteiger charge is -2.25. The molecule has 3 N–H and O–H groups in total. The number of amides is 1. The van der Waals surface area contributed by atoms with E-state index in [-0.39, 0.29) is 13.2 Å². The summed E-state index contributed by atoms with van der Waals surface area (Å²) in [6.45, 7) is 4.49. The van der Waals surface area contributed by atoms with E-state index in [1.807, 2.05) is 0 Å². The average Bonchev–Trinajstić information content (AvgIpc) is 2.55. The van der Waals surface area contributed by atoms with Crippen molar-refractivity contribution in [2.24, 2.45) is 0 Å². The van der Waals surface area contributed by atoms with Gasteiger partial charge in [0.05, 0.1) is 17.6 Å². The van der Waals surface area contributed by atoms with Crippen molar-refractivity contribution in [3.63, 3.8) is 0 Å². The van der Waals surface area contributed by atoms with E-state index in [0.29, 0.717) is 5.56 Å². The number of alkyl halides is 2. The fraction of sp³-hybridized carbons (Fsp3) is 0.588. The van der Waals surface area contributed by atoms with E-state index in [9.17, 15) is 28.8 Å². The number of nitrogens with zero attached hydrogens (tertiary/aromatic N) is 1. The van der Waals surface area contributed by atoms with Crippen molar-refractivity contribution in [3.8, 4) is 5.75 Å². The number of aromatic hydroxyl groups is 1. The Labute approximate surface area is 161 Å². The Kier molecular flexibility index (Phi) is 8.51. The third-order valence-electron chi connectivity index (χ3n) is 3.52. The number of nitro groups is 1. The Morgan fingerprint density at radius 2 is 2.00 bits per heavy atom. The van der Waals surface area contributed by atoms with Gasteiger partial charge >= 0.3 is 11.8 Å². The highest BCUT2D eigenvalue weighted by Gasteiger charge is 2.27. The molecule has 0 bridgehead atoms. The number of nitro benzene ring substituents is 1.